The number of hydrogen-bond donors (Lipinski definition) is 0. The highest BCUT2D eigenvalue weighted by Crippen LogP contribution is 2.31. The minimum absolute atomic E-state index is 0.0660. The van der Waals surface area contributed by atoms with E-state index < -0.39 is 5.97 Å². The van der Waals surface area contributed by atoms with E-state index in [1.54, 1.807) is 18.2 Å². The summed E-state index contributed by atoms with van der Waals surface area (Å²) in [6.07, 6.45) is 3.25. The van der Waals surface area contributed by atoms with Crippen molar-refractivity contribution in [2.24, 2.45) is 0 Å². The number of carbonyl (C=O) groups is 2. The Kier molecular flexibility index (Phi) is 3.74. The van der Waals surface area contributed by atoms with Crippen molar-refractivity contribution >= 4 is 17.4 Å². The molecule has 0 amide bonds. The van der Waals surface area contributed by atoms with Crippen LogP contribution in [0.4, 0.5) is 5.69 Å². The van der Waals surface area contributed by atoms with E-state index >= 15 is 0 Å². The van der Waals surface area contributed by atoms with Crippen LogP contribution in [-0.2, 0) is 4.79 Å². The molecule has 0 aliphatic carbocycles. The lowest BCUT2D eigenvalue weighted by molar-refractivity contribution is -0.130. The summed E-state index contributed by atoms with van der Waals surface area (Å²) < 4.78 is 5.25. The Hall–Kier alpha value is -2.36. The molecule has 4 heteroatoms. The van der Waals surface area contributed by atoms with E-state index in [1.165, 1.54) is 6.08 Å². The highest BCUT2D eigenvalue weighted by Gasteiger charge is 2.30. The third-order valence-corrected chi connectivity index (χ3v) is 2.98. The van der Waals surface area contributed by atoms with Crippen molar-refractivity contribution in [2.75, 3.05) is 19.0 Å². The van der Waals surface area contributed by atoms with Gasteiger partial charge < -0.3 is 9.64 Å². The predicted octanol–water partition coefficient (Wildman–Crippen LogP) is 2.75. The van der Waals surface area contributed by atoms with Crippen molar-refractivity contribution in [1.29, 1.82) is 0 Å². The monoisotopic (exact) mass is 271 g/mol. The van der Waals surface area contributed by atoms with E-state index in [1.807, 2.05) is 38.9 Å². The molecule has 1 heterocycles. The summed E-state index contributed by atoms with van der Waals surface area (Å²) in [6.45, 7) is 3.79. The number of allylic oxidation sites excluding steroid dienone is 3. The molecule has 0 radical (unpaired) electrons. The standard InChI is InChI=1S/C16H17NO3/c1-10(2)5-7-13-15(18)12-8-6-11(17(3)4)9-14(12)20-16(13)19/h5-9H,1-4H3/b13-7-. The van der Waals surface area contributed by atoms with Crippen LogP contribution in [0, 0.1) is 0 Å². The third kappa shape index (κ3) is 2.64. The molecule has 1 aliphatic heterocycles. The fourth-order valence-corrected chi connectivity index (χ4v) is 1.85. The molecule has 20 heavy (non-hydrogen) atoms. The van der Waals surface area contributed by atoms with Crippen molar-refractivity contribution in [3.8, 4) is 5.75 Å². The molecule has 0 saturated carbocycles. The minimum Gasteiger partial charge on any atom is -0.422 e. The van der Waals surface area contributed by atoms with Crippen LogP contribution in [0.1, 0.15) is 24.2 Å². The largest absolute Gasteiger partial charge is 0.422 e. The number of hydrogen-bond acceptors (Lipinski definition) is 4. The Morgan fingerprint density at radius 2 is 1.90 bits per heavy atom. The lowest BCUT2D eigenvalue weighted by Crippen LogP contribution is -2.25. The molecule has 2 rings (SSSR count). The van der Waals surface area contributed by atoms with Gasteiger partial charge in [0, 0.05) is 25.8 Å². The Morgan fingerprint density at radius 3 is 2.50 bits per heavy atom. The SMILES string of the molecule is CC(C)=C/C=C1\C(=O)Oc2cc(N(C)C)ccc2C1=O. The Bertz CT molecular complexity index is 635. The molecule has 0 N–H and O–H groups in total. The molecule has 0 bridgehead atoms. The zero-order chi connectivity index (χ0) is 14.9. The molecule has 1 aromatic rings. The fraction of sp³-hybridized carbons (Fsp3) is 0.250. The van der Waals surface area contributed by atoms with Gasteiger partial charge in [-0.15, -0.1) is 0 Å². The number of esters is 1. The fourth-order valence-electron chi connectivity index (χ4n) is 1.85. The number of ketones is 1. The summed E-state index contributed by atoms with van der Waals surface area (Å²) in [7, 11) is 3.77. The highest BCUT2D eigenvalue weighted by atomic mass is 16.5. The van der Waals surface area contributed by atoms with E-state index in [-0.39, 0.29) is 11.4 Å². The zero-order valence-electron chi connectivity index (χ0n) is 12.1. The smallest absolute Gasteiger partial charge is 0.347 e. The molecule has 4 nitrogen and oxygen atoms in total. The number of anilines is 1. The maximum Gasteiger partial charge on any atom is 0.347 e. The van der Waals surface area contributed by atoms with Gasteiger partial charge in [-0.2, -0.15) is 0 Å². The first-order valence-corrected chi connectivity index (χ1v) is 6.33. The Labute approximate surface area is 118 Å². The molecule has 1 aromatic carbocycles. The summed E-state index contributed by atoms with van der Waals surface area (Å²) in [6, 6.07) is 5.22. The zero-order valence-corrected chi connectivity index (χ0v) is 12.1. The van der Waals surface area contributed by atoms with Crippen LogP contribution < -0.4 is 9.64 Å². The van der Waals surface area contributed by atoms with Crippen LogP contribution in [0.5, 0.6) is 5.75 Å². The molecule has 0 fully saturated rings. The average molecular weight is 271 g/mol. The lowest BCUT2D eigenvalue weighted by Gasteiger charge is -2.19. The lowest BCUT2D eigenvalue weighted by atomic mass is 9.98. The number of carbonyl (C=O) groups excluding carboxylic acids is 2. The van der Waals surface area contributed by atoms with Gasteiger partial charge in [-0.3, -0.25) is 4.79 Å². The van der Waals surface area contributed by atoms with Crippen LogP contribution in [0.3, 0.4) is 0 Å². The Balaban J connectivity index is 2.46. The third-order valence-electron chi connectivity index (χ3n) is 2.98. The normalized spacial score (nSPS) is 15.7. The maximum absolute atomic E-state index is 12.3. The molecule has 0 aromatic heterocycles. The van der Waals surface area contributed by atoms with Crippen LogP contribution in [0.15, 0.2) is 41.5 Å². The summed E-state index contributed by atoms with van der Waals surface area (Å²) in [4.78, 5) is 26.1. The molecule has 1 aliphatic rings. The first-order chi connectivity index (χ1) is 9.40. The van der Waals surface area contributed by atoms with E-state index in [2.05, 4.69) is 0 Å². The number of Topliss-reactive ketones (excluding diaryl/α,β-unsaturated/α-hetero) is 1. The number of rotatable bonds is 2. The van der Waals surface area contributed by atoms with E-state index in [4.69, 9.17) is 4.74 Å². The summed E-state index contributed by atoms with van der Waals surface area (Å²) >= 11 is 0. The molecular formula is C16H17NO3. The van der Waals surface area contributed by atoms with Gasteiger partial charge in [0.15, 0.2) is 0 Å². The van der Waals surface area contributed by atoms with Gasteiger partial charge in [-0.1, -0.05) is 11.6 Å². The molecule has 0 spiro atoms. The number of benzene rings is 1. The second-order valence-corrected chi connectivity index (χ2v) is 5.12. The van der Waals surface area contributed by atoms with Crippen molar-refractivity contribution in [1.82, 2.24) is 0 Å². The van der Waals surface area contributed by atoms with E-state index in [0.29, 0.717) is 11.3 Å². The molecule has 0 atom stereocenters. The van der Waals surface area contributed by atoms with Crippen LogP contribution in [-0.4, -0.2) is 25.8 Å². The average Bonchev–Trinajstić information content (AvgIpc) is 2.37. The molecule has 104 valence electrons. The quantitative estimate of drug-likeness (QED) is 0.359. The minimum atomic E-state index is -0.601. The second-order valence-electron chi connectivity index (χ2n) is 5.12. The summed E-state index contributed by atoms with van der Waals surface area (Å²) in [5, 5.41) is 0. The number of nitrogens with zero attached hydrogens (tertiary/aromatic N) is 1. The number of fused-ring (bicyclic) bond motifs is 1. The second kappa shape index (κ2) is 5.33. The van der Waals surface area contributed by atoms with Crippen molar-refractivity contribution in [3.05, 3.63) is 47.1 Å². The van der Waals surface area contributed by atoms with Gasteiger partial charge in [0.05, 0.1) is 5.56 Å². The highest BCUT2D eigenvalue weighted by molar-refractivity contribution is 6.28. The molecule has 0 unspecified atom stereocenters. The number of ether oxygens (including phenoxy) is 1. The van der Waals surface area contributed by atoms with Gasteiger partial charge in [-0.05, 0) is 32.1 Å². The summed E-state index contributed by atoms with van der Waals surface area (Å²) in [5.41, 5.74) is 2.37. The van der Waals surface area contributed by atoms with E-state index in [9.17, 15) is 9.59 Å². The Morgan fingerprint density at radius 1 is 1.20 bits per heavy atom. The molecular weight excluding hydrogens is 254 g/mol. The van der Waals surface area contributed by atoms with Gasteiger partial charge >= 0.3 is 5.97 Å². The summed E-state index contributed by atoms with van der Waals surface area (Å²) in [5.74, 6) is -0.574. The van der Waals surface area contributed by atoms with Crippen LogP contribution in [0.25, 0.3) is 0 Å². The predicted molar refractivity (Wildman–Crippen MR) is 78.2 cm³/mol. The van der Waals surface area contributed by atoms with Gasteiger partial charge in [0.2, 0.25) is 5.78 Å². The van der Waals surface area contributed by atoms with Crippen LogP contribution in [0.2, 0.25) is 0 Å². The van der Waals surface area contributed by atoms with Crippen LogP contribution >= 0.6 is 0 Å². The van der Waals surface area contributed by atoms with Crippen molar-refractivity contribution < 1.29 is 14.3 Å². The molecule has 0 saturated heterocycles. The van der Waals surface area contributed by atoms with Gasteiger partial charge in [0.25, 0.3) is 0 Å². The van der Waals surface area contributed by atoms with Gasteiger partial charge in [-0.25, -0.2) is 4.79 Å². The van der Waals surface area contributed by atoms with Gasteiger partial charge in [0.1, 0.15) is 11.3 Å². The van der Waals surface area contributed by atoms with E-state index in [0.717, 1.165) is 11.3 Å². The first-order valence-electron chi connectivity index (χ1n) is 6.33. The topological polar surface area (TPSA) is 46.6 Å². The van der Waals surface area contributed by atoms with Crippen molar-refractivity contribution in [2.45, 2.75) is 13.8 Å². The maximum atomic E-state index is 12.3. The van der Waals surface area contributed by atoms with Crippen molar-refractivity contribution in [3.63, 3.8) is 0 Å². The first kappa shape index (κ1) is 14.1.